The molecule has 0 radical (unpaired) electrons. The molecule has 2 aromatic rings. The summed E-state index contributed by atoms with van der Waals surface area (Å²) in [5.74, 6) is 4.67. The molecule has 6 nitrogen and oxygen atoms in total. The molecule has 2 N–H and O–H groups in total. The fourth-order valence-electron chi connectivity index (χ4n) is 1.79. The highest BCUT2D eigenvalue weighted by molar-refractivity contribution is 5.69. The summed E-state index contributed by atoms with van der Waals surface area (Å²) in [6, 6.07) is 12.7. The lowest BCUT2D eigenvalue weighted by atomic mass is 10.2. The Labute approximate surface area is 139 Å². The molecule has 1 heterocycles. The second-order valence-electron chi connectivity index (χ2n) is 4.83. The number of carbonyl (C=O) groups excluding carboxylic acids is 1. The minimum absolute atomic E-state index is 0.123. The topological polar surface area (TPSA) is 88.5 Å². The molecule has 2 rings (SSSR count). The molecule has 0 fully saturated rings. The van der Waals surface area contributed by atoms with Crippen molar-refractivity contribution in [3.8, 4) is 11.8 Å². The lowest BCUT2D eigenvalue weighted by Crippen LogP contribution is -2.24. The van der Waals surface area contributed by atoms with Crippen LogP contribution in [0.4, 0.5) is 4.79 Å². The predicted molar refractivity (Wildman–Crippen MR) is 87.1 cm³/mol. The molecular weight excluding hydrogens is 308 g/mol. The van der Waals surface area contributed by atoms with E-state index < -0.39 is 12.1 Å². The van der Waals surface area contributed by atoms with Gasteiger partial charge in [-0.15, -0.1) is 0 Å². The number of rotatable bonds is 5. The van der Waals surface area contributed by atoms with E-state index >= 15 is 0 Å². The molecule has 122 valence electrons. The van der Waals surface area contributed by atoms with E-state index in [0.29, 0.717) is 11.3 Å². The maximum Gasteiger partial charge on any atom is 0.408 e. The number of pyridine rings is 1. The van der Waals surface area contributed by atoms with Gasteiger partial charge >= 0.3 is 12.1 Å². The molecule has 6 heteroatoms. The number of nitrogens with one attached hydrogen (secondary N) is 1. The van der Waals surface area contributed by atoms with Crippen LogP contribution in [-0.4, -0.2) is 28.7 Å². The van der Waals surface area contributed by atoms with Gasteiger partial charge in [0.15, 0.2) is 0 Å². The van der Waals surface area contributed by atoms with E-state index in [0.717, 1.165) is 5.56 Å². The number of carbonyl (C=O) groups is 2. The SMILES string of the molecule is O=C(O)Cc1ccc(C#CCNC(=O)OCc2ccccc2)cn1. The van der Waals surface area contributed by atoms with Gasteiger partial charge in [0.05, 0.1) is 18.7 Å². The quantitative estimate of drug-likeness (QED) is 0.821. The number of benzene rings is 1. The Hall–Kier alpha value is -3.33. The molecule has 1 aromatic heterocycles. The maximum atomic E-state index is 11.5. The van der Waals surface area contributed by atoms with Crippen LogP contribution in [0.25, 0.3) is 0 Å². The van der Waals surface area contributed by atoms with Crippen molar-refractivity contribution in [2.75, 3.05) is 6.54 Å². The van der Waals surface area contributed by atoms with Crippen LogP contribution >= 0.6 is 0 Å². The molecule has 24 heavy (non-hydrogen) atoms. The van der Waals surface area contributed by atoms with Crippen LogP contribution in [0.5, 0.6) is 0 Å². The number of ether oxygens (including phenoxy) is 1. The summed E-state index contributed by atoms with van der Waals surface area (Å²) in [5, 5.41) is 11.2. The lowest BCUT2D eigenvalue weighted by molar-refractivity contribution is -0.136. The van der Waals surface area contributed by atoms with E-state index in [1.165, 1.54) is 6.20 Å². The van der Waals surface area contributed by atoms with Crippen LogP contribution < -0.4 is 5.32 Å². The monoisotopic (exact) mass is 324 g/mol. The van der Waals surface area contributed by atoms with Crippen LogP contribution in [0.3, 0.4) is 0 Å². The Morgan fingerprint density at radius 2 is 1.96 bits per heavy atom. The van der Waals surface area contributed by atoms with Crippen LogP contribution in [0.1, 0.15) is 16.8 Å². The number of alkyl carbamates (subject to hydrolysis) is 1. The summed E-state index contributed by atoms with van der Waals surface area (Å²) in [5.41, 5.74) is 2.02. The van der Waals surface area contributed by atoms with Gasteiger partial charge < -0.3 is 15.2 Å². The summed E-state index contributed by atoms with van der Waals surface area (Å²) in [6.45, 7) is 0.347. The van der Waals surface area contributed by atoms with Crippen molar-refractivity contribution >= 4 is 12.1 Å². The standard InChI is InChI=1S/C18H16N2O4/c21-17(22)11-16-9-8-14(12-20-16)7-4-10-19-18(23)24-13-15-5-2-1-3-6-15/h1-3,5-6,8-9,12H,10-11,13H2,(H,19,23)(H,21,22). The number of nitrogens with zero attached hydrogens (tertiary/aromatic N) is 1. The first-order valence-corrected chi connectivity index (χ1v) is 7.23. The Balaban J connectivity index is 1.73. The Bertz CT molecular complexity index is 746. The molecule has 0 atom stereocenters. The van der Waals surface area contributed by atoms with Crippen molar-refractivity contribution in [2.45, 2.75) is 13.0 Å². The highest BCUT2D eigenvalue weighted by atomic mass is 16.5. The van der Waals surface area contributed by atoms with Gasteiger partial charge in [0.25, 0.3) is 0 Å². The van der Waals surface area contributed by atoms with Crippen molar-refractivity contribution in [2.24, 2.45) is 0 Å². The van der Waals surface area contributed by atoms with Gasteiger partial charge in [-0.25, -0.2) is 4.79 Å². The average Bonchev–Trinajstić information content (AvgIpc) is 2.59. The van der Waals surface area contributed by atoms with Gasteiger partial charge in [0.1, 0.15) is 6.61 Å². The van der Waals surface area contributed by atoms with Gasteiger partial charge in [0, 0.05) is 11.8 Å². The van der Waals surface area contributed by atoms with Crippen molar-refractivity contribution in [1.29, 1.82) is 0 Å². The van der Waals surface area contributed by atoms with Gasteiger partial charge in [-0.2, -0.15) is 0 Å². The summed E-state index contributed by atoms with van der Waals surface area (Å²) < 4.78 is 5.05. The van der Waals surface area contributed by atoms with Crippen LogP contribution in [0.2, 0.25) is 0 Å². The molecule has 0 saturated carbocycles. The number of aromatic nitrogens is 1. The van der Waals surface area contributed by atoms with Crippen LogP contribution in [-0.2, 0) is 22.6 Å². The lowest BCUT2D eigenvalue weighted by Gasteiger charge is -2.04. The number of carboxylic acids is 1. The summed E-state index contributed by atoms with van der Waals surface area (Å²) >= 11 is 0. The molecular formula is C18H16N2O4. The van der Waals surface area contributed by atoms with Gasteiger partial charge in [-0.1, -0.05) is 42.2 Å². The first kappa shape index (κ1) is 17.0. The summed E-state index contributed by atoms with van der Waals surface area (Å²) in [7, 11) is 0. The van der Waals surface area contributed by atoms with Crippen molar-refractivity contribution in [3.05, 3.63) is 65.5 Å². The van der Waals surface area contributed by atoms with E-state index in [2.05, 4.69) is 22.1 Å². The molecule has 1 amide bonds. The zero-order valence-electron chi connectivity index (χ0n) is 12.9. The van der Waals surface area contributed by atoms with Crippen LogP contribution in [0, 0.1) is 11.8 Å². The normalized spacial score (nSPS) is 9.50. The number of carboxylic acid groups (broad SMARTS) is 1. The summed E-state index contributed by atoms with van der Waals surface area (Å²) in [4.78, 5) is 26.1. The van der Waals surface area contributed by atoms with Crippen molar-refractivity contribution in [3.63, 3.8) is 0 Å². The summed E-state index contributed by atoms with van der Waals surface area (Å²) in [6.07, 6.45) is 0.838. The Kier molecular flexibility index (Phi) is 6.35. The first-order valence-electron chi connectivity index (χ1n) is 7.23. The molecule has 0 bridgehead atoms. The highest BCUT2D eigenvalue weighted by Crippen LogP contribution is 2.01. The van der Waals surface area contributed by atoms with E-state index in [4.69, 9.17) is 9.84 Å². The molecule has 0 aliphatic heterocycles. The molecule has 0 aliphatic rings. The van der Waals surface area contributed by atoms with Gasteiger partial charge in [0.2, 0.25) is 0 Å². The van der Waals surface area contributed by atoms with Crippen LogP contribution in [0.15, 0.2) is 48.7 Å². The number of hydrogen-bond donors (Lipinski definition) is 2. The molecule has 0 saturated heterocycles. The molecule has 0 unspecified atom stereocenters. The Morgan fingerprint density at radius 3 is 2.62 bits per heavy atom. The minimum Gasteiger partial charge on any atom is -0.481 e. The number of hydrogen-bond acceptors (Lipinski definition) is 4. The number of amides is 1. The third-order valence-electron chi connectivity index (χ3n) is 2.92. The van der Waals surface area contributed by atoms with E-state index in [-0.39, 0.29) is 19.6 Å². The smallest absolute Gasteiger partial charge is 0.408 e. The van der Waals surface area contributed by atoms with Gasteiger partial charge in [-0.05, 0) is 17.7 Å². The first-order chi connectivity index (χ1) is 11.6. The maximum absolute atomic E-state index is 11.5. The van der Waals surface area contributed by atoms with E-state index in [9.17, 15) is 9.59 Å². The molecule has 0 aliphatic carbocycles. The van der Waals surface area contributed by atoms with Gasteiger partial charge in [-0.3, -0.25) is 9.78 Å². The van der Waals surface area contributed by atoms with E-state index in [1.54, 1.807) is 12.1 Å². The third-order valence-corrected chi connectivity index (χ3v) is 2.92. The highest BCUT2D eigenvalue weighted by Gasteiger charge is 2.01. The van der Waals surface area contributed by atoms with Crippen molar-refractivity contribution < 1.29 is 19.4 Å². The Morgan fingerprint density at radius 1 is 1.17 bits per heavy atom. The zero-order valence-corrected chi connectivity index (χ0v) is 12.9. The van der Waals surface area contributed by atoms with E-state index in [1.807, 2.05) is 30.3 Å². The van der Waals surface area contributed by atoms with Crippen molar-refractivity contribution in [1.82, 2.24) is 10.3 Å². The second-order valence-corrected chi connectivity index (χ2v) is 4.83. The number of aliphatic carboxylic acids is 1. The predicted octanol–water partition coefficient (Wildman–Crippen LogP) is 1.99. The fraction of sp³-hybridized carbons (Fsp3) is 0.167. The molecule has 0 spiro atoms. The third kappa shape index (κ3) is 6.20. The zero-order chi connectivity index (χ0) is 17.2. The molecule has 1 aromatic carbocycles. The second kappa shape index (κ2) is 8.96. The minimum atomic E-state index is -0.931. The fourth-order valence-corrected chi connectivity index (χ4v) is 1.79. The largest absolute Gasteiger partial charge is 0.481 e. The average molecular weight is 324 g/mol.